The van der Waals surface area contributed by atoms with E-state index in [1.165, 1.54) is 10.6 Å². The van der Waals surface area contributed by atoms with E-state index in [-0.39, 0.29) is 12.7 Å². The molecule has 6 nitrogen and oxygen atoms in total. The number of nitrogens with zero attached hydrogens (tertiary/aromatic N) is 3. The number of hydrogen-bond acceptors (Lipinski definition) is 5. The van der Waals surface area contributed by atoms with Gasteiger partial charge in [-0.25, -0.2) is 4.98 Å². The molecule has 1 amide bonds. The van der Waals surface area contributed by atoms with Crippen LogP contribution in [0.1, 0.15) is 17.5 Å². The summed E-state index contributed by atoms with van der Waals surface area (Å²) in [6, 6.07) is 5.90. The Morgan fingerprint density at radius 3 is 3.04 bits per heavy atom. The highest BCUT2D eigenvalue weighted by atomic mass is 32.1. The van der Waals surface area contributed by atoms with Gasteiger partial charge in [-0.2, -0.15) is 0 Å². The Balaban J connectivity index is 1.54. The van der Waals surface area contributed by atoms with E-state index in [9.17, 15) is 4.79 Å². The first-order valence-electron chi connectivity index (χ1n) is 7.84. The summed E-state index contributed by atoms with van der Waals surface area (Å²) in [6.45, 7) is 3.36. The van der Waals surface area contributed by atoms with Crippen LogP contribution in [0.15, 0.2) is 24.4 Å². The van der Waals surface area contributed by atoms with Crippen LogP contribution in [-0.2, 0) is 17.8 Å². The Kier molecular flexibility index (Phi) is 2.87. The van der Waals surface area contributed by atoms with Gasteiger partial charge < -0.3 is 14.4 Å². The van der Waals surface area contributed by atoms with Crippen LogP contribution in [-0.4, -0.2) is 33.5 Å². The second kappa shape index (κ2) is 4.98. The normalized spacial score (nSPS) is 15.8. The Labute approximate surface area is 142 Å². The number of imidazole rings is 1. The SMILES string of the molecule is CC(=O)N1CCc2c(sc3nc(-c4ccc5c(c4)OCO5)cn23)C1. The largest absolute Gasteiger partial charge is 0.454 e. The highest BCUT2D eigenvalue weighted by molar-refractivity contribution is 7.17. The van der Waals surface area contributed by atoms with Crippen molar-refractivity contribution in [1.29, 1.82) is 0 Å². The van der Waals surface area contributed by atoms with Crippen LogP contribution >= 0.6 is 11.3 Å². The van der Waals surface area contributed by atoms with Crippen LogP contribution in [0.4, 0.5) is 0 Å². The maximum atomic E-state index is 11.6. The quantitative estimate of drug-likeness (QED) is 0.683. The van der Waals surface area contributed by atoms with Crippen LogP contribution in [0, 0.1) is 0 Å². The van der Waals surface area contributed by atoms with E-state index in [0.717, 1.165) is 40.7 Å². The lowest BCUT2D eigenvalue weighted by Crippen LogP contribution is -2.33. The molecule has 122 valence electrons. The molecule has 1 aromatic carbocycles. The van der Waals surface area contributed by atoms with Crippen LogP contribution in [0.5, 0.6) is 11.5 Å². The van der Waals surface area contributed by atoms with E-state index in [4.69, 9.17) is 14.5 Å². The van der Waals surface area contributed by atoms with Gasteiger partial charge >= 0.3 is 0 Å². The number of carbonyl (C=O) groups is 1. The fourth-order valence-corrected chi connectivity index (χ4v) is 4.44. The lowest BCUT2D eigenvalue weighted by Gasteiger charge is -2.25. The Morgan fingerprint density at radius 2 is 2.17 bits per heavy atom. The van der Waals surface area contributed by atoms with Gasteiger partial charge in [0, 0.05) is 42.2 Å². The summed E-state index contributed by atoms with van der Waals surface area (Å²) in [5, 5.41) is 0. The van der Waals surface area contributed by atoms with Gasteiger partial charge in [0.05, 0.1) is 12.2 Å². The molecule has 4 heterocycles. The van der Waals surface area contributed by atoms with Crippen molar-refractivity contribution >= 4 is 22.2 Å². The van der Waals surface area contributed by atoms with Crippen molar-refractivity contribution in [2.75, 3.05) is 13.3 Å². The second-order valence-corrected chi connectivity index (χ2v) is 7.07. The van der Waals surface area contributed by atoms with Gasteiger partial charge in [0.25, 0.3) is 0 Å². The number of fused-ring (bicyclic) bond motifs is 4. The van der Waals surface area contributed by atoms with E-state index < -0.39 is 0 Å². The molecule has 5 rings (SSSR count). The summed E-state index contributed by atoms with van der Waals surface area (Å²) >= 11 is 1.66. The third kappa shape index (κ3) is 2.01. The molecule has 0 saturated heterocycles. The van der Waals surface area contributed by atoms with Gasteiger partial charge in [-0.3, -0.25) is 9.20 Å². The molecule has 0 fully saturated rings. The van der Waals surface area contributed by atoms with Crippen molar-refractivity contribution in [3.8, 4) is 22.8 Å². The average Bonchev–Trinajstić information content (AvgIpc) is 3.26. The second-order valence-electron chi connectivity index (χ2n) is 6.01. The number of hydrogen-bond donors (Lipinski definition) is 0. The minimum atomic E-state index is 0.132. The number of thiazole rings is 1. The number of aromatic nitrogens is 2. The minimum Gasteiger partial charge on any atom is -0.454 e. The van der Waals surface area contributed by atoms with Gasteiger partial charge in [-0.05, 0) is 18.2 Å². The molecular weight excluding hydrogens is 326 g/mol. The molecule has 7 heteroatoms. The molecule has 0 atom stereocenters. The van der Waals surface area contributed by atoms with E-state index >= 15 is 0 Å². The number of amides is 1. The highest BCUT2D eigenvalue weighted by Crippen LogP contribution is 2.37. The zero-order valence-electron chi connectivity index (χ0n) is 13.1. The molecule has 2 aromatic heterocycles. The molecule has 24 heavy (non-hydrogen) atoms. The lowest BCUT2D eigenvalue weighted by atomic mass is 10.1. The maximum absolute atomic E-state index is 11.6. The maximum Gasteiger partial charge on any atom is 0.231 e. The first kappa shape index (κ1) is 13.9. The monoisotopic (exact) mass is 341 g/mol. The third-order valence-electron chi connectivity index (χ3n) is 4.57. The molecule has 2 aliphatic heterocycles. The Bertz CT molecular complexity index is 975. The lowest BCUT2D eigenvalue weighted by molar-refractivity contribution is -0.129. The summed E-state index contributed by atoms with van der Waals surface area (Å²) < 4.78 is 13.0. The molecule has 0 radical (unpaired) electrons. The molecule has 0 N–H and O–H groups in total. The standard InChI is InChI=1S/C17H15N3O3S/c1-10(21)19-5-4-13-16(8-19)24-17-18-12(7-20(13)17)11-2-3-14-15(6-11)23-9-22-14/h2-3,6-7H,4-5,8-9H2,1H3. The number of benzene rings is 1. The molecule has 0 saturated carbocycles. The van der Waals surface area contributed by atoms with Gasteiger partial charge in [-0.15, -0.1) is 0 Å². The van der Waals surface area contributed by atoms with Gasteiger partial charge in [-0.1, -0.05) is 11.3 Å². The molecular formula is C17H15N3O3S. The summed E-state index contributed by atoms with van der Waals surface area (Å²) in [6.07, 6.45) is 2.94. The number of ether oxygens (including phenoxy) is 2. The van der Waals surface area contributed by atoms with Crippen molar-refractivity contribution in [3.63, 3.8) is 0 Å². The van der Waals surface area contributed by atoms with Crippen LogP contribution in [0.2, 0.25) is 0 Å². The smallest absolute Gasteiger partial charge is 0.231 e. The van der Waals surface area contributed by atoms with Crippen molar-refractivity contribution in [2.45, 2.75) is 19.9 Å². The van der Waals surface area contributed by atoms with E-state index in [2.05, 4.69) is 10.6 Å². The minimum absolute atomic E-state index is 0.132. The van der Waals surface area contributed by atoms with Crippen molar-refractivity contribution in [2.24, 2.45) is 0 Å². The van der Waals surface area contributed by atoms with Crippen molar-refractivity contribution < 1.29 is 14.3 Å². The first-order chi connectivity index (χ1) is 11.7. The molecule has 0 aliphatic carbocycles. The first-order valence-corrected chi connectivity index (χ1v) is 8.66. The molecule has 2 aliphatic rings. The van der Waals surface area contributed by atoms with E-state index in [0.29, 0.717) is 6.54 Å². The third-order valence-corrected chi connectivity index (χ3v) is 5.65. The number of rotatable bonds is 1. The summed E-state index contributed by atoms with van der Waals surface area (Å²) in [5.74, 6) is 1.68. The van der Waals surface area contributed by atoms with E-state index in [1.807, 2.05) is 23.1 Å². The molecule has 0 unspecified atom stereocenters. The fraction of sp³-hybridized carbons (Fsp3) is 0.294. The van der Waals surface area contributed by atoms with Crippen LogP contribution < -0.4 is 9.47 Å². The van der Waals surface area contributed by atoms with Crippen LogP contribution in [0.3, 0.4) is 0 Å². The summed E-state index contributed by atoms with van der Waals surface area (Å²) in [4.78, 5) is 20.4. The summed E-state index contributed by atoms with van der Waals surface area (Å²) in [5.41, 5.74) is 3.22. The predicted octanol–water partition coefficient (Wildman–Crippen LogP) is 2.70. The zero-order chi connectivity index (χ0) is 16.3. The van der Waals surface area contributed by atoms with Gasteiger partial charge in [0.15, 0.2) is 16.5 Å². The van der Waals surface area contributed by atoms with Crippen LogP contribution in [0.25, 0.3) is 16.2 Å². The zero-order valence-corrected chi connectivity index (χ0v) is 13.9. The number of carbonyl (C=O) groups excluding carboxylic acids is 1. The Hall–Kier alpha value is -2.54. The van der Waals surface area contributed by atoms with Crippen molar-refractivity contribution in [1.82, 2.24) is 14.3 Å². The molecule has 0 bridgehead atoms. The average molecular weight is 341 g/mol. The summed E-state index contributed by atoms with van der Waals surface area (Å²) in [7, 11) is 0. The predicted molar refractivity (Wildman–Crippen MR) is 89.4 cm³/mol. The van der Waals surface area contributed by atoms with Gasteiger partial charge in [0.1, 0.15) is 0 Å². The fourth-order valence-electron chi connectivity index (χ4n) is 3.27. The van der Waals surface area contributed by atoms with Crippen molar-refractivity contribution in [3.05, 3.63) is 35.0 Å². The van der Waals surface area contributed by atoms with E-state index in [1.54, 1.807) is 18.3 Å². The Morgan fingerprint density at radius 1 is 1.29 bits per heavy atom. The topological polar surface area (TPSA) is 56.1 Å². The van der Waals surface area contributed by atoms with Gasteiger partial charge in [0.2, 0.25) is 12.7 Å². The highest BCUT2D eigenvalue weighted by Gasteiger charge is 2.24. The molecule has 0 spiro atoms. The molecule has 3 aromatic rings.